The van der Waals surface area contributed by atoms with Crippen LogP contribution in [-0.2, 0) is 19.1 Å². The summed E-state index contributed by atoms with van der Waals surface area (Å²) in [6, 6.07) is 8.28. The third-order valence-corrected chi connectivity index (χ3v) is 4.38. The van der Waals surface area contributed by atoms with Gasteiger partial charge in [0.2, 0.25) is 0 Å². The molecule has 1 rings (SSSR count). The molecule has 4 nitrogen and oxygen atoms in total. The lowest BCUT2D eigenvalue weighted by Gasteiger charge is -2.13. The second-order valence-corrected chi connectivity index (χ2v) is 8.14. The van der Waals surface area contributed by atoms with Crippen LogP contribution in [-0.4, -0.2) is 25.2 Å². The zero-order valence-electron chi connectivity index (χ0n) is 21.1. The summed E-state index contributed by atoms with van der Waals surface area (Å²) >= 11 is 0. The summed E-state index contributed by atoms with van der Waals surface area (Å²) in [6.07, 6.45) is 7.70. The number of unbranched alkanes of at least 4 members (excludes halogenated alkanes) is 1. The number of aryl methyl sites for hydroxylation is 1. The lowest BCUT2D eigenvalue weighted by Crippen LogP contribution is -2.12. The molecular formula is C28H44O4. The van der Waals surface area contributed by atoms with E-state index in [0.717, 1.165) is 12.8 Å². The third kappa shape index (κ3) is 19.3. The second kappa shape index (κ2) is 20.3. The van der Waals surface area contributed by atoms with Crippen LogP contribution >= 0.6 is 0 Å². The Hall–Kier alpha value is -2.62. The maximum atomic E-state index is 10.8. The van der Waals surface area contributed by atoms with Crippen LogP contribution in [0.3, 0.4) is 0 Å². The van der Waals surface area contributed by atoms with Crippen LogP contribution in [0.15, 0.2) is 55.7 Å². The van der Waals surface area contributed by atoms with Gasteiger partial charge in [-0.05, 0) is 37.7 Å². The van der Waals surface area contributed by atoms with E-state index in [1.807, 2.05) is 19.9 Å². The Morgan fingerprint density at radius 2 is 1.62 bits per heavy atom. The van der Waals surface area contributed by atoms with E-state index in [1.165, 1.54) is 30.0 Å². The number of carbonyl (C=O) groups excluding carboxylic acids is 2. The van der Waals surface area contributed by atoms with Gasteiger partial charge < -0.3 is 9.47 Å². The molecule has 0 aromatic heterocycles. The Balaban J connectivity index is 0. The zero-order valence-corrected chi connectivity index (χ0v) is 21.1. The Labute approximate surface area is 196 Å². The molecular weight excluding hydrogens is 400 g/mol. The third-order valence-electron chi connectivity index (χ3n) is 4.38. The lowest BCUT2D eigenvalue weighted by atomic mass is 10.0. The van der Waals surface area contributed by atoms with Gasteiger partial charge in [0.25, 0.3) is 0 Å². The minimum atomic E-state index is -0.310. The Kier molecular flexibility index (Phi) is 20.0. The van der Waals surface area contributed by atoms with Crippen molar-refractivity contribution in [3.05, 3.63) is 66.8 Å². The normalized spacial score (nSPS) is 10.5. The summed E-state index contributed by atoms with van der Waals surface area (Å²) < 4.78 is 9.81. The molecule has 1 aromatic carbocycles. The number of benzene rings is 1. The first-order valence-corrected chi connectivity index (χ1v) is 11.4. The average molecular weight is 445 g/mol. The van der Waals surface area contributed by atoms with Gasteiger partial charge in [0.15, 0.2) is 0 Å². The fourth-order valence-corrected chi connectivity index (χ4v) is 2.23. The number of hydrogen-bond donors (Lipinski definition) is 0. The predicted molar refractivity (Wildman–Crippen MR) is 136 cm³/mol. The van der Waals surface area contributed by atoms with E-state index in [2.05, 4.69) is 64.8 Å². The van der Waals surface area contributed by atoms with Crippen molar-refractivity contribution in [3.8, 4) is 0 Å². The molecule has 32 heavy (non-hydrogen) atoms. The Morgan fingerprint density at radius 3 is 2.03 bits per heavy atom. The molecule has 1 atom stereocenters. The summed E-state index contributed by atoms with van der Waals surface area (Å²) in [5.74, 6) is 0.302. The molecule has 180 valence electrons. The van der Waals surface area contributed by atoms with Crippen LogP contribution in [0.2, 0.25) is 0 Å². The quantitative estimate of drug-likeness (QED) is 0.265. The number of rotatable bonds is 11. The molecule has 0 aliphatic heterocycles. The van der Waals surface area contributed by atoms with E-state index in [4.69, 9.17) is 9.47 Å². The maximum Gasteiger partial charge on any atom is 0.333 e. The van der Waals surface area contributed by atoms with E-state index in [9.17, 15) is 9.59 Å². The molecule has 0 aliphatic rings. The maximum absolute atomic E-state index is 10.8. The highest BCUT2D eigenvalue weighted by atomic mass is 16.5. The second-order valence-electron chi connectivity index (χ2n) is 8.14. The molecule has 0 heterocycles. The highest BCUT2D eigenvalue weighted by Crippen LogP contribution is 2.12. The van der Waals surface area contributed by atoms with Gasteiger partial charge in [0, 0.05) is 11.6 Å². The molecule has 0 aliphatic carbocycles. The van der Waals surface area contributed by atoms with E-state index in [-0.39, 0.29) is 11.9 Å². The standard InChI is InChI=1S/C11H20O2.C9H10.C8H14O2/c1-4-7-8-10(5-2)9-13-11(12)6-3;1-3-9-6-4-8(2)5-7-9;1-6(2)5-10-8(9)7(3)4/h6,10H,3-5,7-9H2,1-2H3;3-7H,1H2,2H3;6H,3,5H2,1-2,4H3. The highest BCUT2D eigenvalue weighted by molar-refractivity contribution is 5.86. The van der Waals surface area contributed by atoms with Gasteiger partial charge in [-0.15, -0.1) is 0 Å². The number of carbonyl (C=O) groups is 2. The molecule has 0 radical (unpaired) electrons. The summed E-state index contributed by atoms with van der Waals surface area (Å²) in [7, 11) is 0. The first-order valence-electron chi connectivity index (χ1n) is 11.4. The van der Waals surface area contributed by atoms with E-state index < -0.39 is 0 Å². The van der Waals surface area contributed by atoms with Gasteiger partial charge in [-0.3, -0.25) is 0 Å². The molecule has 0 saturated heterocycles. The summed E-state index contributed by atoms with van der Waals surface area (Å²) in [5.41, 5.74) is 2.93. The first-order chi connectivity index (χ1) is 15.1. The van der Waals surface area contributed by atoms with Crippen molar-refractivity contribution in [2.75, 3.05) is 13.2 Å². The van der Waals surface area contributed by atoms with Gasteiger partial charge in [-0.1, -0.05) is 103 Å². The first kappa shape index (κ1) is 31.6. The zero-order chi connectivity index (χ0) is 24.9. The van der Waals surface area contributed by atoms with Crippen molar-refractivity contribution >= 4 is 18.0 Å². The molecule has 4 heteroatoms. The number of esters is 2. The fraction of sp³-hybridized carbons (Fsp3) is 0.500. The fourth-order valence-electron chi connectivity index (χ4n) is 2.23. The van der Waals surface area contributed by atoms with Crippen molar-refractivity contribution in [2.45, 2.75) is 67.2 Å². The molecule has 1 unspecified atom stereocenters. The molecule has 0 spiro atoms. The predicted octanol–water partition coefficient (Wildman–Crippen LogP) is 7.33. The lowest BCUT2D eigenvalue weighted by molar-refractivity contribution is -0.140. The monoisotopic (exact) mass is 444 g/mol. The van der Waals surface area contributed by atoms with Crippen LogP contribution < -0.4 is 0 Å². The van der Waals surface area contributed by atoms with Gasteiger partial charge in [0.1, 0.15) is 0 Å². The molecule has 0 fully saturated rings. The van der Waals surface area contributed by atoms with Crippen molar-refractivity contribution in [2.24, 2.45) is 11.8 Å². The minimum absolute atomic E-state index is 0.297. The van der Waals surface area contributed by atoms with Gasteiger partial charge in [-0.25, -0.2) is 9.59 Å². The van der Waals surface area contributed by atoms with E-state index in [0.29, 0.717) is 30.6 Å². The molecule has 1 aromatic rings. The Morgan fingerprint density at radius 1 is 1.03 bits per heavy atom. The molecule has 0 amide bonds. The Bertz CT molecular complexity index is 671. The SMILES string of the molecule is C=C(C)C(=O)OCC(C)C.C=CC(=O)OCC(CC)CCCC.C=Cc1ccc(C)cc1. The van der Waals surface area contributed by atoms with Gasteiger partial charge >= 0.3 is 11.9 Å². The van der Waals surface area contributed by atoms with Crippen molar-refractivity contribution in [1.82, 2.24) is 0 Å². The smallest absolute Gasteiger partial charge is 0.333 e. The van der Waals surface area contributed by atoms with E-state index in [1.54, 1.807) is 6.92 Å². The van der Waals surface area contributed by atoms with E-state index >= 15 is 0 Å². The van der Waals surface area contributed by atoms with Crippen LogP contribution in [0, 0.1) is 18.8 Å². The molecule has 0 bridgehead atoms. The largest absolute Gasteiger partial charge is 0.462 e. The van der Waals surface area contributed by atoms with Crippen LogP contribution in [0.25, 0.3) is 6.08 Å². The number of hydrogen-bond acceptors (Lipinski definition) is 4. The number of ether oxygens (including phenoxy) is 2. The molecule has 0 saturated carbocycles. The van der Waals surface area contributed by atoms with Gasteiger partial charge in [0.05, 0.1) is 13.2 Å². The summed E-state index contributed by atoms with van der Waals surface area (Å²) in [6.45, 7) is 23.5. The minimum Gasteiger partial charge on any atom is -0.462 e. The summed E-state index contributed by atoms with van der Waals surface area (Å²) in [5, 5.41) is 0. The van der Waals surface area contributed by atoms with Crippen molar-refractivity contribution in [3.63, 3.8) is 0 Å². The van der Waals surface area contributed by atoms with Crippen LogP contribution in [0.5, 0.6) is 0 Å². The highest BCUT2D eigenvalue weighted by Gasteiger charge is 2.07. The average Bonchev–Trinajstić information content (AvgIpc) is 2.78. The van der Waals surface area contributed by atoms with Crippen molar-refractivity contribution in [1.29, 1.82) is 0 Å². The van der Waals surface area contributed by atoms with Crippen molar-refractivity contribution < 1.29 is 19.1 Å². The van der Waals surface area contributed by atoms with Gasteiger partial charge in [-0.2, -0.15) is 0 Å². The molecule has 0 N–H and O–H groups in total. The van der Waals surface area contributed by atoms with Crippen LogP contribution in [0.1, 0.15) is 71.4 Å². The summed E-state index contributed by atoms with van der Waals surface area (Å²) in [4.78, 5) is 21.5. The van der Waals surface area contributed by atoms with Crippen LogP contribution in [0.4, 0.5) is 0 Å². The topological polar surface area (TPSA) is 52.6 Å².